The molecule has 0 radical (unpaired) electrons. The first-order valence-electron chi connectivity index (χ1n) is 9.15. The number of benzene rings is 2. The van der Waals surface area contributed by atoms with Crippen LogP contribution >= 0.6 is 11.8 Å². The highest BCUT2D eigenvalue weighted by Crippen LogP contribution is 2.31. The quantitative estimate of drug-likeness (QED) is 0.367. The average Bonchev–Trinajstić information content (AvgIpc) is 3.29. The Bertz CT molecular complexity index is 1210. The molecule has 0 atom stereocenters. The van der Waals surface area contributed by atoms with E-state index in [4.69, 9.17) is 0 Å². The van der Waals surface area contributed by atoms with Crippen LogP contribution in [0, 0.1) is 0 Å². The fourth-order valence-electron chi connectivity index (χ4n) is 3.37. The molecule has 0 fully saturated rings. The number of carboxylic acid groups (broad SMARTS) is 1. The molecule has 2 heterocycles. The van der Waals surface area contributed by atoms with E-state index >= 15 is 0 Å². The first kappa shape index (κ1) is 18.3. The van der Waals surface area contributed by atoms with Gasteiger partial charge in [-0.15, -0.1) is 5.10 Å². The summed E-state index contributed by atoms with van der Waals surface area (Å²) in [6.45, 7) is 4.96. The molecule has 0 aliphatic heterocycles. The van der Waals surface area contributed by atoms with Crippen molar-refractivity contribution in [3.8, 4) is 0 Å². The number of aromatic amines is 1. The second-order valence-corrected chi connectivity index (χ2v) is 7.38. The number of nitrogens with zero attached hydrogens (tertiary/aromatic N) is 3. The van der Waals surface area contributed by atoms with Crippen molar-refractivity contribution in [3.63, 3.8) is 0 Å². The third-order valence-corrected chi connectivity index (χ3v) is 5.55. The largest absolute Gasteiger partial charge is 0.477 e. The van der Waals surface area contributed by atoms with Gasteiger partial charge in [0.2, 0.25) is 5.16 Å². The molecule has 4 rings (SSSR count). The van der Waals surface area contributed by atoms with Crippen molar-refractivity contribution in [1.29, 1.82) is 0 Å². The molecule has 28 heavy (non-hydrogen) atoms. The number of nitrogens with one attached hydrogen (secondary N) is 1. The number of H-pyrrole nitrogens is 1. The Morgan fingerprint density at radius 2 is 1.96 bits per heavy atom. The highest BCUT2D eigenvalue weighted by atomic mass is 32.2. The molecule has 2 N–H and O–H groups in total. The van der Waals surface area contributed by atoms with Crippen LogP contribution in [-0.2, 0) is 17.8 Å². The molecule has 0 amide bonds. The highest BCUT2D eigenvalue weighted by molar-refractivity contribution is 8.04. The molecule has 0 saturated carbocycles. The monoisotopic (exact) mass is 392 g/mol. The van der Waals surface area contributed by atoms with Crippen LogP contribution in [0.25, 0.3) is 27.9 Å². The number of aliphatic carboxylic acids is 1. The number of carbonyl (C=O) groups is 1. The number of fused-ring (bicyclic) bond motifs is 3. The van der Waals surface area contributed by atoms with Gasteiger partial charge in [0.1, 0.15) is 10.7 Å². The Morgan fingerprint density at radius 1 is 1.18 bits per heavy atom. The zero-order chi connectivity index (χ0) is 19.7. The van der Waals surface area contributed by atoms with Gasteiger partial charge in [-0.25, -0.2) is 9.78 Å². The Kier molecular flexibility index (Phi) is 4.92. The number of thioether (sulfide) groups is 1. The van der Waals surface area contributed by atoms with Crippen LogP contribution in [0.1, 0.15) is 25.2 Å². The summed E-state index contributed by atoms with van der Waals surface area (Å²) in [5.41, 5.74) is 3.16. The minimum absolute atomic E-state index is 0.181. The topological polar surface area (TPSA) is 83.8 Å². The molecule has 6 nitrogen and oxygen atoms in total. The molecule has 0 unspecified atom stereocenters. The van der Waals surface area contributed by atoms with E-state index in [0.717, 1.165) is 47.0 Å². The number of rotatable bonds is 6. The van der Waals surface area contributed by atoms with Crippen molar-refractivity contribution in [2.24, 2.45) is 0 Å². The van der Waals surface area contributed by atoms with Gasteiger partial charge in [0.15, 0.2) is 0 Å². The van der Waals surface area contributed by atoms with Gasteiger partial charge in [0.25, 0.3) is 0 Å². The van der Waals surface area contributed by atoms with Crippen LogP contribution in [0.3, 0.4) is 0 Å². The van der Waals surface area contributed by atoms with Crippen molar-refractivity contribution in [2.45, 2.75) is 32.0 Å². The zero-order valence-electron chi connectivity index (χ0n) is 15.6. The van der Waals surface area contributed by atoms with Crippen LogP contribution in [0.2, 0.25) is 0 Å². The van der Waals surface area contributed by atoms with Crippen LogP contribution in [0.4, 0.5) is 0 Å². The predicted octanol–water partition coefficient (Wildman–Crippen LogP) is 4.71. The standard InChI is InChI=1S/C21H20N4O2S/c1-3-19-22-21(24-23-19)28-18(20(26)27)12-13-9-10-17-15(11-13)14-7-5-6-8-16(14)25(17)4-2/h5-12H,3-4H2,1-2H3,(H,26,27)(H,22,23,24)/b18-12-. The minimum Gasteiger partial charge on any atom is -0.477 e. The van der Waals surface area contributed by atoms with Gasteiger partial charge >= 0.3 is 5.97 Å². The maximum absolute atomic E-state index is 11.8. The molecule has 142 valence electrons. The van der Waals surface area contributed by atoms with Crippen LogP contribution in [0.15, 0.2) is 52.5 Å². The fourth-order valence-corrected chi connectivity index (χ4v) is 4.09. The number of aryl methyl sites for hydroxylation is 2. The first-order valence-corrected chi connectivity index (χ1v) is 9.97. The van der Waals surface area contributed by atoms with Gasteiger partial charge in [-0.3, -0.25) is 5.10 Å². The Balaban J connectivity index is 1.78. The van der Waals surface area contributed by atoms with Gasteiger partial charge in [-0.1, -0.05) is 31.2 Å². The van der Waals surface area contributed by atoms with Crippen molar-refractivity contribution in [1.82, 2.24) is 19.7 Å². The predicted molar refractivity (Wildman–Crippen MR) is 112 cm³/mol. The summed E-state index contributed by atoms with van der Waals surface area (Å²) in [5.74, 6) is -0.259. The number of hydrogen-bond donors (Lipinski definition) is 2. The maximum atomic E-state index is 11.8. The SMILES string of the molecule is CCc1nc(S/C(=C\c2ccc3c(c2)c2ccccc2n3CC)C(=O)O)n[nH]1. The van der Waals surface area contributed by atoms with Crippen molar-refractivity contribution in [2.75, 3.05) is 0 Å². The molecule has 4 aromatic rings. The summed E-state index contributed by atoms with van der Waals surface area (Å²) in [5, 5.41) is 19.2. The van der Waals surface area contributed by atoms with Crippen molar-refractivity contribution < 1.29 is 9.90 Å². The molecular formula is C21H20N4O2S. The van der Waals surface area contributed by atoms with Crippen LogP contribution in [-0.4, -0.2) is 30.8 Å². The van der Waals surface area contributed by atoms with Gasteiger partial charge in [0.05, 0.1) is 0 Å². The average molecular weight is 392 g/mol. The zero-order valence-corrected chi connectivity index (χ0v) is 16.5. The molecule has 0 aliphatic rings. The van der Waals surface area contributed by atoms with Crippen LogP contribution in [0.5, 0.6) is 0 Å². The van der Waals surface area contributed by atoms with Crippen LogP contribution < -0.4 is 0 Å². The van der Waals surface area contributed by atoms with Gasteiger partial charge in [-0.2, -0.15) is 0 Å². The summed E-state index contributed by atoms with van der Waals surface area (Å²) in [4.78, 5) is 16.2. The molecule has 0 spiro atoms. The van der Waals surface area contributed by atoms with Gasteiger partial charge in [-0.05, 0) is 48.5 Å². The lowest BCUT2D eigenvalue weighted by molar-refractivity contribution is -0.131. The third kappa shape index (κ3) is 3.29. The fraction of sp³-hybridized carbons (Fsp3) is 0.190. The van der Waals surface area contributed by atoms with Crippen molar-refractivity contribution in [3.05, 3.63) is 58.8 Å². The van der Waals surface area contributed by atoms with E-state index in [1.807, 2.05) is 31.2 Å². The van der Waals surface area contributed by atoms with E-state index in [2.05, 4.69) is 44.9 Å². The van der Waals surface area contributed by atoms with Gasteiger partial charge < -0.3 is 9.67 Å². The van der Waals surface area contributed by atoms with E-state index in [0.29, 0.717) is 5.16 Å². The van der Waals surface area contributed by atoms with E-state index in [9.17, 15) is 9.90 Å². The summed E-state index contributed by atoms with van der Waals surface area (Å²) in [6.07, 6.45) is 2.39. The smallest absolute Gasteiger partial charge is 0.342 e. The van der Waals surface area contributed by atoms with E-state index in [1.54, 1.807) is 6.08 Å². The van der Waals surface area contributed by atoms with Gasteiger partial charge in [0, 0.05) is 34.8 Å². The highest BCUT2D eigenvalue weighted by Gasteiger charge is 2.14. The summed E-state index contributed by atoms with van der Waals surface area (Å²) < 4.78 is 2.27. The Labute approximate surface area is 166 Å². The third-order valence-electron chi connectivity index (χ3n) is 4.67. The summed E-state index contributed by atoms with van der Waals surface area (Å²) >= 11 is 1.05. The number of para-hydroxylation sites is 1. The lowest BCUT2D eigenvalue weighted by Crippen LogP contribution is -1.97. The van der Waals surface area contributed by atoms with E-state index < -0.39 is 5.97 Å². The molecular weight excluding hydrogens is 372 g/mol. The number of carboxylic acids is 1. The molecule has 0 bridgehead atoms. The first-order chi connectivity index (χ1) is 13.6. The normalized spacial score (nSPS) is 12.1. The second-order valence-electron chi connectivity index (χ2n) is 6.37. The lowest BCUT2D eigenvalue weighted by atomic mass is 10.1. The molecule has 0 saturated heterocycles. The second kappa shape index (κ2) is 7.52. The number of aromatic nitrogens is 4. The molecule has 2 aromatic heterocycles. The van der Waals surface area contributed by atoms with E-state index in [1.165, 1.54) is 10.9 Å². The molecule has 2 aromatic carbocycles. The Morgan fingerprint density at radius 3 is 2.68 bits per heavy atom. The summed E-state index contributed by atoms with van der Waals surface area (Å²) in [7, 11) is 0. The lowest BCUT2D eigenvalue weighted by Gasteiger charge is -2.03. The van der Waals surface area contributed by atoms with E-state index in [-0.39, 0.29) is 4.91 Å². The maximum Gasteiger partial charge on any atom is 0.342 e. The Hall–Kier alpha value is -3.06. The molecule has 7 heteroatoms. The van der Waals surface area contributed by atoms with Crippen molar-refractivity contribution >= 4 is 45.6 Å². The summed E-state index contributed by atoms with van der Waals surface area (Å²) in [6, 6.07) is 14.3. The minimum atomic E-state index is -0.996. The molecule has 0 aliphatic carbocycles. The number of hydrogen-bond acceptors (Lipinski definition) is 4.